The molecule has 2 aliphatic heterocycles. The molecule has 1 aliphatic carbocycles. The van der Waals surface area contributed by atoms with Gasteiger partial charge in [0.15, 0.2) is 0 Å². The number of nitrogens with one attached hydrogen (secondary N) is 1. The number of rotatable bonds is 5. The average Bonchev–Trinajstić information content (AvgIpc) is 3.25. The van der Waals surface area contributed by atoms with Crippen LogP contribution in [0.3, 0.4) is 0 Å². The van der Waals surface area contributed by atoms with Crippen LogP contribution < -0.4 is 10.2 Å². The Bertz CT molecular complexity index is 1340. The fraction of sp³-hybridized carbons (Fsp3) is 0.516. The number of carboxylic acids is 1. The van der Waals surface area contributed by atoms with E-state index in [1.54, 1.807) is 11.0 Å². The molecule has 3 amide bonds. The first kappa shape index (κ1) is 32.7. The predicted octanol–water partition coefficient (Wildman–Crippen LogP) is 4.00. The lowest BCUT2D eigenvalue weighted by Gasteiger charge is -2.44. The van der Waals surface area contributed by atoms with Crippen LogP contribution in [0, 0.1) is 12.8 Å². The summed E-state index contributed by atoms with van der Waals surface area (Å²) in [4.78, 5) is 59.5. The molecule has 5 rings (SSSR count). The number of carbonyl (C=O) groups is 4. The van der Waals surface area contributed by atoms with Gasteiger partial charge in [-0.2, -0.15) is 13.2 Å². The minimum Gasteiger partial charge on any atom is -0.475 e. The van der Waals surface area contributed by atoms with E-state index >= 15 is 0 Å². The number of carboxylic acid groups (broad SMARTS) is 1. The highest BCUT2D eigenvalue weighted by molar-refractivity contribution is 5.97. The molecule has 3 heterocycles. The summed E-state index contributed by atoms with van der Waals surface area (Å²) in [6.45, 7) is 3.37. The molecule has 2 N–H and O–H groups in total. The summed E-state index contributed by atoms with van der Waals surface area (Å²) in [6.07, 6.45) is 1.23. The molecule has 1 spiro atoms. The van der Waals surface area contributed by atoms with Crippen LogP contribution in [0.15, 0.2) is 48.5 Å². The van der Waals surface area contributed by atoms with Crippen molar-refractivity contribution in [2.45, 2.75) is 69.6 Å². The lowest BCUT2D eigenvalue weighted by Crippen LogP contribution is -2.60. The number of amides is 3. The Balaban J connectivity index is 0.000000566. The molecule has 0 radical (unpaired) electrons. The highest BCUT2D eigenvalue weighted by Crippen LogP contribution is 2.39. The van der Waals surface area contributed by atoms with Gasteiger partial charge in [0.05, 0.1) is 6.67 Å². The number of aromatic nitrogens is 1. The maximum Gasteiger partial charge on any atom is 0.490 e. The minimum absolute atomic E-state index is 0.0344. The number of likely N-dealkylation sites (tertiary alicyclic amines) is 1. The number of likely N-dealkylation sites (N-methyl/N-ethyl adjacent to an activating group) is 1. The van der Waals surface area contributed by atoms with Gasteiger partial charge in [-0.15, -0.1) is 0 Å². The van der Waals surface area contributed by atoms with Crippen LogP contribution >= 0.6 is 0 Å². The van der Waals surface area contributed by atoms with Gasteiger partial charge in [0.25, 0.3) is 5.91 Å². The fourth-order valence-corrected chi connectivity index (χ4v) is 6.33. The Morgan fingerprint density at radius 3 is 2.18 bits per heavy atom. The third-order valence-electron chi connectivity index (χ3n) is 8.62. The molecule has 3 aliphatic rings. The second kappa shape index (κ2) is 13.6. The van der Waals surface area contributed by atoms with E-state index in [-0.39, 0.29) is 23.6 Å². The normalized spacial score (nSPS) is 19.3. The Morgan fingerprint density at radius 1 is 1.00 bits per heavy atom. The first-order valence-electron chi connectivity index (χ1n) is 14.7. The molecular weight excluding hydrogens is 579 g/mol. The summed E-state index contributed by atoms with van der Waals surface area (Å²) in [5, 5.41) is 10.2. The number of anilines is 1. The van der Waals surface area contributed by atoms with E-state index in [1.807, 2.05) is 61.3 Å². The molecule has 44 heavy (non-hydrogen) atoms. The van der Waals surface area contributed by atoms with E-state index < -0.39 is 23.7 Å². The van der Waals surface area contributed by atoms with Crippen molar-refractivity contribution in [1.29, 1.82) is 0 Å². The van der Waals surface area contributed by atoms with E-state index in [2.05, 4.69) is 15.2 Å². The van der Waals surface area contributed by atoms with Crippen LogP contribution in [-0.4, -0.2) is 88.1 Å². The zero-order chi connectivity index (χ0) is 32.1. The molecule has 2 saturated heterocycles. The fourth-order valence-electron chi connectivity index (χ4n) is 6.33. The number of para-hydroxylation sites is 1. The number of alkyl halides is 3. The van der Waals surface area contributed by atoms with Gasteiger partial charge in [-0.3, -0.25) is 14.4 Å². The molecular formula is C31H38F3N5O5. The third kappa shape index (κ3) is 7.31. The van der Waals surface area contributed by atoms with Crippen molar-refractivity contribution in [3.05, 3.63) is 59.9 Å². The molecule has 3 fully saturated rings. The summed E-state index contributed by atoms with van der Waals surface area (Å²) in [5.41, 5.74) is 1.49. The SMILES string of the molecule is Cc1cccc(C(=O)N[C@@H](C(=O)N2CCC3(CC2)C(=O)N(C)CN3c2ccccc2)C2CCCCC2)n1.O=C(O)C(F)(F)F. The molecule has 2 aromatic rings. The average molecular weight is 618 g/mol. The number of pyridine rings is 1. The van der Waals surface area contributed by atoms with Gasteiger partial charge in [0.1, 0.15) is 17.3 Å². The first-order valence-corrected chi connectivity index (χ1v) is 14.7. The third-order valence-corrected chi connectivity index (χ3v) is 8.62. The Morgan fingerprint density at radius 2 is 1.61 bits per heavy atom. The van der Waals surface area contributed by atoms with E-state index in [9.17, 15) is 27.6 Å². The van der Waals surface area contributed by atoms with Crippen LogP contribution in [0.5, 0.6) is 0 Å². The lowest BCUT2D eigenvalue weighted by atomic mass is 9.81. The number of aryl methyl sites for hydroxylation is 1. The largest absolute Gasteiger partial charge is 0.490 e. The van der Waals surface area contributed by atoms with Crippen molar-refractivity contribution in [2.75, 3.05) is 31.7 Å². The van der Waals surface area contributed by atoms with E-state index in [1.165, 1.54) is 6.42 Å². The molecule has 238 valence electrons. The standard InChI is InChI=1S/C29H37N5O3.C2HF3O2/c1-21-10-9-15-24(30-21)26(35)31-25(22-11-5-3-6-12-22)27(36)33-18-16-29(17-19-33)28(37)32(2)20-34(29)23-13-7-4-8-14-23;3-2(4,5)1(6)7/h4,7-10,13-15,22,25H,3,5-6,11-12,16-20H2,1-2H3,(H,31,35);(H,6,7)/t25-;/m1./s1. The van der Waals surface area contributed by atoms with Gasteiger partial charge in [-0.25, -0.2) is 9.78 Å². The molecule has 1 saturated carbocycles. The highest BCUT2D eigenvalue weighted by Gasteiger charge is 2.53. The topological polar surface area (TPSA) is 123 Å². The summed E-state index contributed by atoms with van der Waals surface area (Å²) in [5.74, 6) is -2.86. The predicted molar refractivity (Wildman–Crippen MR) is 156 cm³/mol. The van der Waals surface area contributed by atoms with Crippen LogP contribution in [-0.2, 0) is 14.4 Å². The zero-order valence-electron chi connectivity index (χ0n) is 24.8. The number of aliphatic carboxylic acids is 1. The molecule has 0 bridgehead atoms. The van der Waals surface area contributed by atoms with Crippen LogP contribution in [0.25, 0.3) is 0 Å². The number of nitrogens with zero attached hydrogens (tertiary/aromatic N) is 4. The van der Waals surface area contributed by atoms with Crippen molar-refractivity contribution in [1.82, 2.24) is 20.1 Å². The van der Waals surface area contributed by atoms with Crippen molar-refractivity contribution in [3.8, 4) is 0 Å². The van der Waals surface area contributed by atoms with Crippen molar-refractivity contribution in [2.24, 2.45) is 5.92 Å². The van der Waals surface area contributed by atoms with Crippen molar-refractivity contribution in [3.63, 3.8) is 0 Å². The molecule has 0 unspecified atom stereocenters. The summed E-state index contributed by atoms with van der Waals surface area (Å²) < 4.78 is 31.7. The van der Waals surface area contributed by atoms with Crippen molar-refractivity contribution < 1.29 is 37.5 Å². The molecule has 1 aromatic heterocycles. The maximum atomic E-state index is 13.9. The minimum atomic E-state index is -5.08. The Hall–Kier alpha value is -4.16. The lowest BCUT2D eigenvalue weighted by molar-refractivity contribution is -0.192. The molecule has 1 aromatic carbocycles. The van der Waals surface area contributed by atoms with E-state index in [0.29, 0.717) is 38.3 Å². The second-order valence-electron chi connectivity index (χ2n) is 11.6. The monoisotopic (exact) mass is 617 g/mol. The Kier molecular flexibility index (Phi) is 10.2. The number of carbonyl (C=O) groups excluding carboxylic acids is 3. The van der Waals surface area contributed by atoms with Gasteiger partial charge in [-0.1, -0.05) is 43.5 Å². The smallest absolute Gasteiger partial charge is 0.475 e. The van der Waals surface area contributed by atoms with Gasteiger partial charge < -0.3 is 25.1 Å². The van der Waals surface area contributed by atoms with Crippen molar-refractivity contribution >= 4 is 29.4 Å². The molecule has 10 nitrogen and oxygen atoms in total. The summed E-state index contributed by atoms with van der Waals surface area (Å²) in [6, 6.07) is 14.8. The van der Waals surface area contributed by atoms with Gasteiger partial charge in [0.2, 0.25) is 11.8 Å². The van der Waals surface area contributed by atoms with Gasteiger partial charge >= 0.3 is 12.1 Å². The number of piperidine rings is 1. The van der Waals surface area contributed by atoms with E-state index in [0.717, 1.165) is 37.1 Å². The Labute approximate surface area is 254 Å². The zero-order valence-corrected chi connectivity index (χ0v) is 24.8. The van der Waals surface area contributed by atoms with Gasteiger partial charge in [0, 0.05) is 31.5 Å². The second-order valence-corrected chi connectivity index (χ2v) is 11.6. The highest BCUT2D eigenvalue weighted by atomic mass is 19.4. The maximum absolute atomic E-state index is 13.9. The van der Waals surface area contributed by atoms with Gasteiger partial charge in [-0.05, 0) is 62.8 Å². The number of hydrogen-bond acceptors (Lipinski definition) is 6. The number of halogens is 3. The summed E-state index contributed by atoms with van der Waals surface area (Å²) in [7, 11) is 1.85. The van der Waals surface area contributed by atoms with Crippen LogP contribution in [0.4, 0.5) is 18.9 Å². The van der Waals surface area contributed by atoms with Crippen LogP contribution in [0.1, 0.15) is 61.1 Å². The quantitative estimate of drug-likeness (QED) is 0.520. The van der Waals surface area contributed by atoms with Crippen LogP contribution in [0.2, 0.25) is 0 Å². The number of benzene rings is 1. The van der Waals surface area contributed by atoms with E-state index in [4.69, 9.17) is 9.90 Å². The summed E-state index contributed by atoms with van der Waals surface area (Å²) >= 11 is 0. The molecule has 1 atom stereocenters. The molecule has 13 heteroatoms. The number of hydrogen-bond donors (Lipinski definition) is 2. The first-order chi connectivity index (χ1) is 20.8.